The lowest BCUT2D eigenvalue weighted by Crippen LogP contribution is -2.45. The second-order valence-corrected chi connectivity index (χ2v) is 18.4. The molecule has 4 rings (SSSR count). The molecule has 12 nitrogen and oxygen atoms in total. The molecule has 1 aliphatic rings. The molecule has 1 saturated carbocycles. The molecule has 1 fully saturated rings. The predicted molar refractivity (Wildman–Crippen MR) is 183 cm³/mol. The summed E-state index contributed by atoms with van der Waals surface area (Å²) in [5.74, 6) is -3.42. The van der Waals surface area contributed by atoms with Crippen molar-refractivity contribution in [2.24, 2.45) is 5.92 Å². The van der Waals surface area contributed by atoms with Gasteiger partial charge >= 0.3 is 17.9 Å². The van der Waals surface area contributed by atoms with Crippen LogP contribution in [0.15, 0.2) is 65.5 Å². The number of hydrogen-bond donors (Lipinski definition) is 1. The van der Waals surface area contributed by atoms with E-state index in [1.165, 1.54) is 16.7 Å². The average Bonchev–Trinajstić information content (AvgIpc) is 3.08. The van der Waals surface area contributed by atoms with Crippen LogP contribution in [0.4, 0.5) is 0 Å². The molecule has 0 unspecified atom stereocenters. The highest BCUT2D eigenvalue weighted by Crippen LogP contribution is 2.43. The standard InChI is InChI=1S/C36H46N2O10Si/c1-7-38-30(39)29(47-32(42)26-14-10-8-11-15-26)28(31(40)41)37-34(38)36(44-22-23-45-48-33(43)27-16-12-9-13-17-27)20-18-25(19-21-36)24-46-49(5,6)35(2,3)4/h8-17,25H,7,18-24H2,1-6H3,(H,40,41). The van der Waals surface area contributed by atoms with E-state index < -0.39 is 48.8 Å². The Labute approximate surface area is 287 Å². The summed E-state index contributed by atoms with van der Waals surface area (Å²) in [5.41, 5.74) is -2.22. The molecule has 0 saturated heterocycles. The smallest absolute Gasteiger partial charge is 0.373 e. The quantitative estimate of drug-likeness (QED) is 0.0657. The summed E-state index contributed by atoms with van der Waals surface area (Å²) < 4.78 is 19.6. The number of aromatic carboxylic acids is 1. The van der Waals surface area contributed by atoms with Crippen molar-refractivity contribution in [2.75, 3.05) is 19.8 Å². The lowest BCUT2D eigenvalue weighted by atomic mass is 9.78. The van der Waals surface area contributed by atoms with Crippen LogP contribution >= 0.6 is 0 Å². The first-order chi connectivity index (χ1) is 23.2. The summed E-state index contributed by atoms with van der Waals surface area (Å²) in [6, 6.07) is 16.3. The number of aromatic nitrogens is 2. The van der Waals surface area contributed by atoms with Gasteiger partial charge in [0.2, 0.25) is 5.75 Å². The Balaban J connectivity index is 1.61. The first-order valence-electron chi connectivity index (χ1n) is 16.5. The van der Waals surface area contributed by atoms with E-state index in [9.17, 15) is 24.3 Å². The molecule has 1 aromatic heterocycles. The number of carboxylic acid groups (broad SMARTS) is 1. The van der Waals surface area contributed by atoms with Gasteiger partial charge in [0.25, 0.3) is 5.56 Å². The molecule has 1 aliphatic carbocycles. The fraction of sp³-hybridized carbons (Fsp3) is 0.472. The van der Waals surface area contributed by atoms with Gasteiger partial charge in [0.15, 0.2) is 14.0 Å². The molecule has 0 bridgehead atoms. The molecule has 0 amide bonds. The van der Waals surface area contributed by atoms with Crippen molar-refractivity contribution < 1.29 is 43.2 Å². The summed E-state index contributed by atoms with van der Waals surface area (Å²) in [6.45, 7) is 13.2. The zero-order chi connectivity index (χ0) is 35.8. The first kappa shape index (κ1) is 37.6. The van der Waals surface area contributed by atoms with Crippen LogP contribution in [0.5, 0.6) is 5.75 Å². The first-order valence-corrected chi connectivity index (χ1v) is 19.4. The lowest BCUT2D eigenvalue weighted by Gasteiger charge is -2.42. The molecule has 0 radical (unpaired) electrons. The second-order valence-electron chi connectivity index (χ2n) is 13.6. The molecule has 1 N–H and O–H groups in total. The molecular weight excluding hydrogens is 648 g/mol. The van der Waals surface area contributed by atoms with Crippen LogP contribution in [0.1, 0.15) is 90.4 Å². The van der Waals surface area contributed by atoms with Crippen molar-refractivity contribution in [3.05, 3.63) is 93.7 Å². The predicted octanol–water partition coefficient (Wildman–Crippen LogP) is 6.39. The molecule has 2 aromatic carbocycles. The highest BCUT2D eigenvalue weighted by Gasteiger charge is 2.44. The topological polar surface area (TPSA) is 152 Å². The Hall–Kier alpha value is -4.17. The number of carbonyl (C=O) groups excluding carboxylic acids is 2. The van der Waals surface area contributed by atoms with E-state index in [1.54, 1.807) is 55.5 Å². The van der Waals surface area contributed by atoms with Gasteiger partial charge in [0.05, 0.1) is 17.7 Å². The van der Waals surface area contributed by atoms with Crippen molar-refractivity contribution in [1.82, 2.24) is 9.55 Å². The summed E-state index contributed by atoms with van der Waals surface area (Å²) in [4.78, 5) is 66.2. The summed E-state index contributed by atoms with van der Waals surface area (Å²) in [6.07, 6.45) is 2.12. The Bertz CT molecular complexity index is 1660. The zero-order valence-electron chi connectivity index (χ0n) is 29.0. The minimum absolute atomic E-state index is 0.0541. The normalized spacial score (nSPS) is 18.1. The van der Waals surface area contributed by atoms with Gasteiger partial charge in [-0.25, -0.2) is 19.4 Å². The lowest BCUT2D eigenvalue weighted by molar-refractivity contribution is -0.254. The van der Waals surface area contributed by atoms with Gasteiger partial charge in [-0.3, -0.25) is 14.2 Å². The van der Waals surface area contributed by atoms with Gasteiger partial charge < -0.3 is 19.0 Å². The van der Waals surface area contributed by atoms with Gasteiger partial charge in [-0.15, -0.1) is 0 Å². The third-order valence-corrected chi connectivity index (χ3v) is 13.8. The van der Waals surface area contributed by atoms with Gasteiger partial charge in [-0.05, 0) is 80.9 Å². The molecule has 0 spiro atoms. The van der Waals surface area contributed by atoms with Crippen molar-refractivity contribution in [2.45, 2.75) is 83.7 Å². The Morgan fingerprint density at radius 3 is 2.04 bits per heavy atom. The largest absolute Gasteiger partial charge is 0.476 e. The maximum atomic E-state index is 13.9. The van der Waals surface area contributed by atoms with Crippen LogP contribution in [0, 0.1) is 5.92 Å². The van der Waals surface area contributed by atoms with E-state index in [-0.39, 0.29) is 42.1 Å². The Morgan fingerprint density at radius 1 is 0.939 bits per heavy atom. The van der Waals surface area contributed by atoms with Crippen LogP contribution < -0.4 is 10.3 Å². The van der Waals surface area contributed by atoms with Crippen molar-refractivity contribution in [3.8, 4) is 5.75 Å². The zero-order valence-corrected chi connectivity index (χ0v) is 30.0. The van der Waals surface area contributed by atoms with E-state index in [4.69, 9.17) is 23.7 Å². The number of rotatable bonds is 14. The van der Waals surface area contributed by atoms with Crippen LogP contribution in [-0.4, -0.2) is 60.7 Å². The van der Waals surface area contributed by atoms with E-state index in [0.29, 0.717) is 37.9 Å². The summed E-state index contributed by atoms with van der Waals surface area (Å²) in [7, 11) is -1.99. The number of nitrogens with zero attached hydrogens (tertiary/aromatic N) is 2. The van der Waals surface area contributed by atoms with E-state index in [1.807, 2.05) is 0 Å². The summed E-state index contributed by atoms with van der Waals surface area (Å²) in [5, 5.41) is 10.2. The van der Waals surface area contributed by atoms with E-state index in [2.05, 4.69) is 38.8 Å². The molecule has 13 heteroatoms. The maximum Gasteiger partial charge on any atom is 0.373 e. The van der Waals surface area contributed by atoms with Gasteiger partial charge in [0, 0.05) is 13.2 Å². The van der Waals surface area contributed by atoms with Gasteiger partial charge in [-0.2, -0.15) is 4.89 Å². The molecule has 0 aliphatic heterocycles. The Morgan fingerprint density at radius 2 is 1.51 bits per heavy atom. The molecule has 264 valence electrons. The highest BCUT2D eigenvalue weighted by atomic mass is 28.4. The van der Waals surface area contributed by atoms with Crippen LogP contribution in [0.25, 0.3) is 0 Å². The van der Waals surface area contributed by atoms with Gasteiger partial charge in [-0.1, -0.05) is 57.2 Å². The van der Waals surface area contributed by atoms with Crippen LogP contribution in [0.3, 0.4) is 0 Å². The fourth-order valence-electron chi connectivity index (χ4n) is 5.42. The number of esters is 1. The number of benzene rings is 2. The van der Waals surface area contributed by atoms with Crippen molar-refractivity contribution in [1.29, 1.82) is 0 Å². The molecular formula is C36H46N2O10Si. The SMILES string of the molecule is CCn1c(C2(OCCOOC(=O)c3ccccc3)CCC(CO[Si](C)(C)C(C)(C)C)CC2)nc(C(=O)O)c(OC(=O)c2ccccc2)c1=O. The second kappa shape index (κ2) is 16.0. The summed E-state index contributed by atoms with van der Waals surface area (Å²) >= 11 is 0. The van der Waals surface area contributed by atoms with Gasteiger partial charge in [0.1, 0.15) is 18.0 Å². The van der Waals surface area contributed by atoms with Crippen LogP contribution in [0.2, 0.25) is 18.1 Å². The van der Waals surface area contributed by atoms with Crippen LogP contribution in [-0.2, 0) is 31.1 Å². The molecule has 0 atom stereocenters. The third-order valence-electron chi connectivity index (χ3n) is 9.35. The monoisotopic (exact) mass is 694 g/mol. The van der Waals surface area contributed by atoms with Crippen molar-refractivity contribution >= 4 is 26.2 Å². The third kappa shape index (κ3) is 9.09. The van der Waals surface area contributed by atoms with Crippen molar-refractivity contribution in [3.63, 3.8) is 0 Å². The Kier molecular flexibility index (Phi) is 12.3. The molecule has 1 heterocycles. The highest BCUT2D eigenvalue weighted by molar-refractivity contribution is 6.74. The minimum Gasteiger partial charge on any atom is -0.476 e. The maximum absolute atomic E-state index is 13.9. The number of ether oxygens (including phenoxy) is 2. The minimum atomic E-state index is -1.99. The van der Waals surface area contributed by atoms with E-state index >= 15 is 0 Å². The average molecular weight is 695 g/mol. The van der Waals surface area contributed by atoms with E-state index in [0.717, 1.165) is 0 Å². The number of carbonyl (C=O) groups is 3. The number of carboxylic acids is 1. The fourth-order valence-corrected chi connectivity index (χ4v) is 6.50. The number of hydrogen-bond acceptors (Lipinski definition) is 10. The molecule has 49 heavy (non-hydrogen) atoms. The molecule has 3 aromatic rings.